The Morgan fingerprint density at radius 3 is 2.58 bits per heavy atom. The first-order valence-corrected chi connectivity index (χ1v) is 5.96. The van der Waals surface area contributed by atoms with Crippen LogP contribution in [-0.4, -0.2) is 23.4 Å². The highest BCUT2D eigenvalue weighted by Gasteiger charge is 2.32. The predicted octanol–water partition coefficient (Wildman–Crippen LogP) is 2.36. The number of amides is 1. The zero-order chi connectivity index (χ0) is 14.7. The maximum absolute atomic E-state index is 13.7. The standard InChI is InChI=1S/C14H19FNO3/c1-13(2,3)19-12(18)16-14(4,9-17)10-7-5-6-8-11(10)15/h6-8,17H,9H2,1-4H3,(H,16,18)/t14-/m0/s1. The first-order valence-electron chi connectivity index (χ1n) is 5.96. The number of nitrogens with one attached hydrogen (secondary N) is 1. The lowest BCUT2D eigenvalue weighted by Crippen LogP contribution is -2.48. The molecule has 0 unspecified atom stereocenters. The topological polar surface area (TPSA) is 58.6 Å². The van der Waals surface area contributed by atoms with Gasteiger partial charge in [-0.1, -0.05) is 6.07 Å². The molecular formula is C14H19FNO3. The van der Waals surface area contributed by atoms with Crippen LogP contribution in [0.2, 0.25) is 0 Å². The molecule has 1 rings (SSSR count). The van der Waals surface area contributed by atoms with Gasteiger partial charge in [0.1, 0.15) is 11.4 Å². The molecule has 0 fully saturated rings. The predicted molar refractivity (Wildman–Crippen MR) is 69.0 cm³/mol. The zero-order valence-electron chi connectivity index (χ0n) is 11.6. The normalized spacial score (nSPS) is 14.6. The molecule has 1 atom stereocenters. The van der Waals surface area contributed by atoms with Crippen LogP contribution in [0, 0.1) is 11.9 Å². The third-order valence-corrected chi connectivity index (χ3v) is 2.50. The highest BCUT2D eigenvalue weighted by Crippen LogP contribution is 2.23. The van der Waals surface area contributed by atoms with E-state index < -0.39 is 29.7 Å². The van der Waals surface area contributed by atoms with E-state index in [0.29, 0.717) is 0 Å². The van der Waals surface area contributed by atoms with Crippen LogP contribution in [0.5, 0.6) is 0 Å². The van der Waals surface area contributed by atoms with E-state index in [9.17, 15) is 14.3 Å². The number of hydrogen-bond acceptors (Lipinski definition) is 3. The molecule has 0 aliphatic rings. The summed E-state index contributed by atoms with van der Waals surface area (Å²) in [6.07, 6.45) is -0.715. The van der Waals surface area contributed by atoms with E-state index in [4.69, 9.17) is 4.74 Å². The van der Waals surface area contributed by atoms with Gasteiger partial charge in [0, 0.05) is 5.56 Å². The van der Waals surface area contributed by atoms with E-state index in [0.717, 1.165) is 0 Å². The van der Waals surface area contributed by atoms with E-state index in [-0.39, 0.29) is 5.56 Å². The molecule has 4 nitrogen and oxygen atoms in total. The van der Waals surface area contributed by atoms with E-state index in [2.05, 4.69) is 11.4 Å². The highest BCUT2D eigenvalue weighted by atomic mass is 19.1. The fourth-order valence-electron chi connectivity index (χ4n) is 1.56. The number of halogens is 1. The molecule has 1 aromatic rings. The Morgan fingerprint density at radius 2 is 2.11 bits per heavy atom. The third kappa shape index (κ3) is 4.21. The Balaban J connectivity index is 2.94. The Hall–Kier alpha value is -1.62. The van der Waals surface area contributed by atoms with E-state index >= 15 is 0 Å². The van der Waals surface area contributed by atoms with Crippen molar-refractivity contribution >= 4 is 6.09 Å². The second-order valence-electron chi connectivity index (χ2n) is 5.52. The van der Waals surface area contributed by atoms with Gasteiger partial charge in [0.2, 0.25) is 0 Å². The molecule has 0 aliphatic heterocycles. The summed E-state index contributed by atoms with van der Waals surface area (Å²) in [6, 6.07) is 6.75. The fraction of sp³-hybridized carbons (Fsp3) is 0.500. The Kier molecular flexibility index (Phi) is 4.52. The zero-order valence-corrected chi connectivity index (χ0v) is 11.6. The van der Waals surface area contributed by atoms with Gasteiger partial charge in [0.15, 0.2) is 0 Å². The first-order chi connectivity index (χ1) is 8.68. The van der Waals surface area contributed by atoms with Gasteiger partial charge in [-0.3, -0.25) is 0 Å². The number of carbonyl (C=O) groups excluding carboxylic acids is 1. The van der Waals surface area contributed by atoms with Gasteiger partial charge in [-0.05, 0) is 45.9 Å². The van der Waals surface area contributed by atoms with Crippen molar-refractivity contribution < 1.29 is 19.0 Å². The molecule has 0 spiro atoms. The van der Waals surface area contributed by atoms with Gasteiger partial charge in [0.25, 0.3) is 0 Å². The Morgan fingerprint density at radius 1 is 1.47 bits per heavy atom. The van der Waals surface area contributed by atoms with Crippen molar-refractivity contribution in [1.82, 2.24) is 5.32 Å². The molecule has 0 heterocycles. The van der Waals surface area contributed by atoms with Gasteiger partial charge in [-0.15, -0.1) is 0 Å². The molecule has 105 valence electrons. The Bertz CT molecular complexity index is 456. The van der Waals surface area contributed by atoms with E-state index in [1.54, 1.807) is 20.8 Å². The molecule has 19 heavy (non-hydrogen) atoms. The summed E-state index contributed by atoms with van der Waals surface area (Å²) in [5, 5.41) is 11.9. The minimum absolute atomic E-state index is 0.156. The van der Waals surface area contributed by atoms with E-state index in [1.165, 1.54) is 25.1 Å². The summed E-state index contributed by atoms with van der Waals surface area (Å²) in [6.45, 7) is 6.23. The lowest BCUT2D eigenvalue weighted by Gasteiger charge is -2.31. The van der Waals surface area contributed by atoms with Crippen molar-refractivity contribution in [3.63, 3.8) is 0 Å². The van der Waals surface area contributed by atoms with Crippen LogP contribution in [0.25, 0.3) is 0 Å². The molecule has 1 amide bonds. The smallest absolute Gasteiger partial charge is 0.408 e. The molecular weight excluding hydrogens is 249 g/mol. The van der Waals surface area contributed by atoms with Crippen molar-refractivity contribution in [1.29, 1.82) is 0 Å². The molecule has 5 heteroatoms. The number of aliphatic hydroxyl groups excluding tert-OH is 1. The second-order valence-corrected chi connectivity index (χ2v) is 5.52. The van der Waals surface area contributed by atoms with Crippen LogP contribution in [0.3, 0.4) is 0 Å². The highest BCUT2D eigenvalue weighted by molar-refractivity contribution is 5.69. The molecule has 1 radical (unpaired) electrons. The summed E-state index contributed by atoms with van der Waals surface area (Å²) in [7, 11) is 0. The average Bonchev–Trinajstić information content (AvgIpc) is 2.26. The number of alkyl carbamates (subject to hydrolysis) is 1. The van der Waals surface area contributed by atoms with E-state index in [1.807, 2.05) is 0 Å². The maximum Gasteiger partial charge on any atom is 0.408 e. The van der Waals surface area contributed by atoms with Crippen molar-refractivity contribution in [2.45, 2.75) is 38.8 Å². The molecule has 0 saturated carbocycles. The van der Waals surface area contributed by atoms with Crippen molar-refractivity contribution in [3.8, 4) is 0 Å². The minimum atomic E-state index is -1.26. The molecule has 0 bridgehead atoms. The van der Waals surface area contributed by atoms with Gasteiger partial charge < -0.3 is 15.2 Å². The number of carbonyl (C=O) groups is 1. The fourth-order valence-corrected chi connectivity index (χ4v) is 1.56. The van der Waals surface area contributed by atoms with Crippen LogP contribution in [0.1, 0.15) is 33.3 Å². The van der Waals surface area contributed by atoms with Gasteiger partial charge >= 0.3 is 6.09 Å². The quantitative estimate of drug-likeness (QED) is 0.884. The van der Waals surface area contributed by atoms with Crippen LogP contribution < -0.4 is 5.32 Å². The third-order valence-electron chi connectivity index (χ3n) is 2.50. The monoisotopic (exact) mass is 268 g/mol. The Labute approximate surface area is 112 Å². The summed E-state index contributed by atoms with van der Waals surface area (Å²) < 4.78 is 18.8. The second kappa shape index (κ2) is 5.57. The lowest BCUT2D eigenvalue weighted by atomic mass is 9.92. The van der Waals surface area contributed by atoms with Crippen molar-refractivity contribution in [2.75, 3.05) is 6.61 Å². The number of aliphatic hydroxyl groups is 1. The van der Waals surface area contributed by atoms with Gasteiger partial charge in [-0.25, -0.2) is 9.18 Å². The van der Waals surface area contributed by atoms with Crippen LogP contribution in [0.15, 0.2) is 18.2 Å². The van der Waals surface area contributed by atoms with Gasteiger partial charge in [0.05, 0.1) is 12.1 Å². The number of rotatable bonds is 3. The summed E-state index contributed by atoms with van der Waals surface area (Å²) in [5.41, 5.74) is -1.77. The lowest BCUT2D eigenvalue weighted by molar-refractivity contribution is 0.0408. The van der Waals surface area contributed by atoms with Crippen molar-refractivity contribution in [3.05, 3.63) is 35.6 Å². The molecule has 0 aliphatic carbocycles. The summed E-state index contributed by atoms with van der Waals surface area (Å²) in [5.74, 6) is -0.522. The maximum atomic E-state index is 13.7. The minimum Gasteiger partial charge on any atom is -0.444 e. The number of hydrogen-bond donors (Lipinski definition) is 2. The number of benzene rings is 1. The number of ether oxygens (including phenoxy) is 1. The summed E-state index contributed by atoms with van der Waals surface area (Å²) >= 11 is 0. The SMILES string of the molecule is CC(C)(C)OC(=O)N[C@@](C)(CO)c1c[c]ccc1F. The average molecular weight is 268 g/mol. The van der Waals surface area contributed by atoms with Crippen molar-refractivity contribution in [2.24, 2.45) is 0 Å². The molecule has 2 N–H and O–H groups in total. The van der Waals surface area contributed by atoms with Gasteiger partial charge in [-0.2, -0.15) is 0 Å². The van der Waals surface area contributed by atoms with Crippen LogP contribution >= 0.6 is 0 Å². The largest absolute Gasteiger partial charge is 0.444 e. The molecule has 1 aromatic carbocycles. The first kappa shape index (κ1) is 15.4. The van der Waals surface area contributed by atoms with Crippen LogP contribution in [-0.2, 0) is 10.3 Å². The summed E-state index contributed by atoms with van der Waals surface area (Å²) in [4.78, 5) is 11.7. The molecule has 0 saturated heterocycles. The van der Waals surface area contributed by atoms with Crippen LogP contribution in [0.4, 0.5) is 9.18 Å². The molecule has 0 aromatic heterocycles.